The quantitative estimate of drug-likeness (QED) is 0.396. The summed E-state index contributed by atoms with van der Waals surface area (Å²) in [5.41, 5.74) is 2.68. The second kappa shape index (κ2) is 10.8. The Kier molecular flexibility index (Phi) is 7.61. The number of benzene rings is 3. The third-order valence-corrected chi connectivity index (χ3v) is 6.88. The summed E-state index contributed by atoms with van der Waals surface area (Å²) in [6.07, 6.45) is 5.02. The summed E-state index contributed by atoms with van der Waals surface area (Å²) in [4.78, 5) is 16.2. The van der Waals surface area contributed by atoms with Gasteiger partial charge in [0, 0.05) is 18.9 Å². The van der Waals surface area contributed by atoms with Crippen molar-refractivity contribution < 1.29 is 9.53 Å². The predicted molar refractivity (Wildman–Crippen MR) is 134 cm³/mol. The van der Waals surface area contributed by atoms with Crippen LogP contribution in [0.15, 0.2) is 91.0 Å². The molecule has 3 aromatic carbocycles. The normalized spacial score (nSPS) is 20.7. The molecule has 0 saturated heterocycles. The first-order valence-electron chi connectivity index (χ1n) is 12.1. The van der Waals surface area contributed by atoms with Crippen LogP contribution in [0.25, 0.3) is 0 Å². The van der Waals surface area contributed by atoms with E-state index >= 15 is 0 Å². The van der Waals surface area contributed by atoms with Crippen LogP contribution in [0, 0.1) is 5.92 Å². The zero-order valence-corrected chi connectivity index (χ0v) is 19.8. The van der Waals surface area contributed by atoms with Crippen molar-refractivity contribution in [1.29, 1.82) is 0 Å². The van der Waals surface area contributed by atoms with Crippen LogP contribution in [0.1, 0.15) is 48.3 Å². The zero-order valence-electron chi connectivity index (χ0n) is 19.8. The standard InChI is InChI=1S/C30H35NO2/c1-31(2)23-27-20-12-13-21-30(27,22-24-14-6-3-7-15-24)33-29(32)28(25-16-8-4-9-17-25)26-18-10-5-11-19-26/h3-11,14-19,27-28H,12-13,20-23H2,1-2H3. The molecule has 0 N–H and O–H groups in total. The van der Waals surface area contributed by atoms with Gasteiger partial charge in [-0.2, -0.15) is 0 Å². The summed E-state index contributed by atoms with van der Waals surface area (Å²) < 4.78 is 6.70. The minimum atomic E-state index is -0.497. The fourth-order valence-corrected chi connectivity index (χ4v) is 5.34. The van der Waals surface area contributed by atoms with E-state index in [1.165, 1.54) is 12.0 Å². The van der Waals surface area contributed by atoms with E-state index in [1.54, 1.807) is 0 Å². The van der Waals surface area contributed by atoms with E-state index in [1.807, 2.05) is 66.7 Å². The van der Waals surface area contributed by atoms with Crippen molar-refractivity contribution in [1.82, 2.24) is 4.90 Å². The van der Waals surface area contributed by atoms with E-state index in [4.69, 9.17) is 4.74 Å². The number of hydrogen-bond donors (Lipinski definition) is 0. The Morgan fingerprint density at radius 2 is 1.42 bits per heavy atom. The smallest absolute Gasteiger partial charge is 0.318 e. The molecule has 3 nitrogen and oxygen atoms in total. The molecule has 3 aromatic rings. The molecular formula is C30H35NO2. The molecule has 2 unspecified atom stereocenters. The van der Waals surface area contributed by atoms with Crippen LogP contribution in [0.4, 0.5) is 0 Å². The fraction of sp³-hybridized carbons (Fsp3) is 0.367. The molecule has 0 radical (unpaired) electrons. The van der Waals surface area contributed by atoms with E-state index in [2.05, 4.69) is 43.3 Å². The Morgan fingerprint density at radius 1 is 0.879 bits per heavy atom. The first-order chi connectivity index (χ1) is 16.1. The lowest BCUT2D eigenvalue weighted by atomic mass is 9.71. The van der Waals surface area contributed by atoms with Gasteiger partial charge in [-0.3, -0.25) is 4.79 Å². The van der Waals surface area contributed by atoms with Gasteiger partial charge in [-0.15, -0.1) is 0 Å². The van der Waals surface area contributed by atoms with Crippen molar-refractivity contribution >= 4 is 5.97 Å². The largest absolute Gasteiger partial charge is 0.458 e. The van der Waals surface area contributed by atoms with Gasteiger partial charge in [-0.1, -0.05) is 97.4 Å². The molecular weight excluding hydrogens is 406 g/mol. The van der Waals surface area contributed by atoms with Crippen LogP contribution in [0.2, 0.25) is 0 Å². The molecule has 0 aromatic heterocycles. The lowest BCUT2D eigenvalue weighted by Crippen LogP contribution is -2.50. The fourth-order valence-electron chi connectivity index (χ4n) is 5.34. The Bertz CT molecular complexity index is 964. The van der Waals surface area contributed by atoms with Crippen molar-refractivity contribution in [3.8, 4) is 0 Å². The second-order valence-electron chi connectivity index (χ2n) is 9.61. The van der Waals surface area contributed by atoms with E-state index in [0.29, 0.717) is 5.92 Å². The molecule has 33 heavy (non-hydrogen) atoms. The van der Waals surface area contributed by atoms with Crippen molar-refractivity contribution in [2.45, 2.75) is 43.6 Å². The van der Waals surface area contributed by atoms with Crippen LogP contribution < -0.4 is 0 Å². The Hall–Kier alpha value is -2.91. The third kappa shape index (κ3) is 5.72. The Morgan fingerprint density at radius 3 is 1.97 bits per heavy atom. The van der Waals surface area contributed by atoms with E-state index in [-0.39, 0.29) is 5.97 Å². The predicted octanol–water partition coefficient (Wildman–Crippen LogP) is 6.10. The van der Waals surface area contributed by atoms with Gasteiger partial charge in [0.2, 0.25) is 0 Å². The zero-order chi connectivity index (χ0) is 23.1. The Labute approximate surface area is 198 Å². The van der Waals surface area contributed by atoms with Gasteiger partial charge in [0.05, 0.1) is 0 Å². The first-order valence-corrected chi connectivity index (χ1v) is 12.1. The molecule has 172 valence electrons. The highest BCUT2D eigenvalue weighted by Crippen LogP contribution is 2.42. The van der Waals surface area contributed by atoms with Gasteiger partial charge in [-0.05, 0) is 50.0 Å². The Balaban J connectivity index is 1.71. The summed E-state index contributed by atoms with van der Waals surface area (Å²) in [5, 5.41) is 0. The molecule has 1 aliphatic carbocycles. The minimum absolute atomic E-state index is 0.144. The third-order valence-electron chi connectivity index (χ3n) is 6.88. The van der Waals surface area contributed by atoms with Crippen molar-refractivity contribution in [3.63, 3.8) is 0 Å². The maximum Gasteiger partial charge on any atom is 0.318 e. The molecule has 1 aliphatic rings. The highest BCUT2D eigenvalue weighted by atomic mass is 16.6. The lowest BCUT2D eigenvalue weighted by molar-refractivity contribution is -0.172. The van der Waals surface area contributed by atoms with E-state index in [0.717, 1.165) is 43.4 Å². The summed E-state index contributed by atoms with van der Waals surface area (Å²) in [7, 11) is 4.22. The molecule has 0 aliphatic heterocycles. The first kappa shape index (κ1) is 23.3. The number of carbonyl (C=O) groups excluding carboxylic acids is 1. The number of ether oxygens (including phenoxy) is 1. The van der Waals surface area contributed by atoms with Gasteiger partial charge >= 0.3 is 5.97 Å². The van der Waals surface area contributed by atoms with Crippen molar-refractivity contribution in [3.05, 3.63) is 108 Å². The van der Waals surface area contributed by atoms with Crippen LogP contribution in [-0.4, -0.2) is 37.1 Å². The van der Waals surface area contributed by atoms with Crippen molar-refractivity contribution in [2.24, 2.45) is 5.92 Å². The van der Waals surface area contributed by atoms with E-state index < -0.39 is 11.5 Å². The molecule has 4 rings (SSSR count). The summed E-state index contributed by atoms with van der Waals surface area (Å²) in [6.45, 7) is 0.918. The van der Waals surface area contributed by atoms with Crippen LogP contribution in [0.3, 0.4) is 0 Å². The minimum Gasteiger partial charge on any atom is -0.458 e. The molecule has 1 fully saturated rings. The topological polar surface area (TPSA) is 29.5 Å². The molecule has 0 amide bonds. The summed E-state index contributed by atoms with van der Waals surface area (Å²) in [6, 6.07) is 30.6. The molecule has 3 heteroatoms. The van der Waals surface area contributed by atoms with Crippen LogP contribution in [0.5, 0.6) is 0 Å². The molecule has 0 bridgehead atoms. The average Bonchev–Trinajstić information content (AvgIpc) is 2.82. The SMILES string of the molecule is CN(C)CC1CCCCC1(Cc1ccccc1)OC(=O)C(c1ccccc1)c1ccccc1. The lowest BCUT2D eigenvalue weighted by Gasteiger charge is -2.45. The summed E-state index contributed by atoms with van der Waals surface area (Å²) in [5.74, 6) is -0.270. The monoisotopic (exact) mass is 441 g/mol. The number of rotatable bonds is 8. The van der Waals surface area contributed by atoms with Gasteiger partial charge in [-0.25, -0.2) is 0 Å². The van der Waals surface area contributed by atoms with Crippen LogP contribution >= 0.6 is 0 Å². The molecule has 0 heterocycles. The second-order valence-corrected chi connectivity index (χ2v) is 9.61. The maximum absolute atomic E-state index is 14.0. The van der Waals surface area contributed by atoms with E-state index in [9.17, 15) is 4.79 Å². The molecule has 1 saturated carbocycles. The van der Waals surface area contributed by atoms with Crippen molar-refractivity contribution in [2.75, 3.05) is 20.6 Å². The average molecular weight is 442 g/mol. The number of hydrogen-bond acceptors (Lipinski definition) is 3. The van der Waals surface area contributed by atoms with Gasteiger partial charge in [0.25, 0.3) is 0 Å². The van der Waals surface area contributed by atoms with Gasteiger partial charge in [0.15, 0.2) is 0 Å². The number of nitrogens with zero attached hydrogens (tertiary/aromatic N) is 1. The van der Waals surface area contributed by atoms with Gasteiger partial charge in [0.1, 0.15) is 11.5 Å². The highest BCUT2D eigenvalue weighted by Gasteiger charge is 2.45. The summed E-state index contributed by atoms with van der Waals surface area (Å²) >= 11 is 0. The number of carbonyl (C=O) groups is 1. The molecule has 2 atom stereocenters. The maximum atomic E-state index is 14.0. The number of esters is 1. The molecule has 0 spiro atoms. The van der Waals surface area contributed by atoms with Gasteiger partial charge < -0.3 is 9.64 Å². The van der Waals surface area contributed by atoms with Crippen LogP contribution in [-0.2, 0) is 16.0 Å². The highest BCUT2D eigenvalue weighted by molar-refractivity contribution is 5.82.